The summed E-state index contributed by atoms with van der Waals surface area (Å²) < 4.78 is 4.77. The quantitative estimate of drug-likeness (QED) is 0.568. The van der Waals surface area contributed by atoms with Gasteiger partial charge >= 0.3 is 5.97 Å². The molecule has 0 aliphatic heterocycles. The third kappa shape index (κ3) is 3.54. The first-order valence-electron chi connectivity index (χ1n) is 5.77. The zero-order valence-electron chi connectivity index (χ0n) is 11.4. The number of rotatable bonds is 5. The summed E-state index contributed by atoms with van der Waals surface area (Å²) in [6.45, 7) is 12.5. The van der Waals surface area contributed by atoms with E-state index in [1.807, 2.05) is 20.8 Å². The van der Waals surface area contributed by atoms with Gasteiger partial charge < -0.3 is 14.9 Å². The fourth-order valence-electron chi connectivity index (χ4n) is 1.78. The Kier molecular flexibility index (Phi) is 5.36. The number of carbonyl (C=O) groups is 1. The van der Waals surface area contributed by atoms with Crippen molar-refractivity contribution in [2.45, 2.75) is 46.8 Å². The van der Waals surface area contributed by atoms with Crippen molar-refractivity contribution >= 4 is 5.97 Å². The molecule has 0 saturated carbocycles. The lowest BCUT2D eigenvalue weighted by atomic mass is 9.69. The Balaban J connectivity index is 5.14. The summed E-state index contributed by atoms with van der Waals surface area (Å²) in [6, 6.07) is 0. The highest BCUT2D eigenvalue weighted by atomic mass is 16.5. The van der Waals surface area contributed by atoms with Gasteiger partial charge in [-0.1, -0.05) is 33.8 Å². The Hall–Kier alpha value is -0.870. The van der Waals surface area contributed by atoms with Crippen molar-refractivity contribution in [3.8, 4) is 0 Å². The number of hydrogen-bond donors (Lipinski definition) is 2. The lowest BCUT2D eigenvalue weighted by Crippen LogP contribution is -2.51. The molecular formula is C13H24O4. The van der Waals surface area contributed by atoms with E-state index < -0.39 is 29.0 Å². The Labute approximate surface area is 103 Å². The molecule has 0 aliphatic rings. The zero-order chi connectivity index (χ0) is 13.9. The van der Waals surface area contributed by atoms with E-state index in [1.54, 1.807) is 13.8 Å². The van der Waals surface area contributed by atoms with Gasteiger partial charge in [-0.05, 0) is 12.3 Å². The van der Waals surface area contributed by atoms with E-state index in [1.165, 1.54) is 6.08 Å². The third-order valence-corrected chi connectivity index (χ3v) is 2.95. The fourth-order valence-corrected chi connectivity index (χ4v) is 1.78. The van der Waals surface area contributed by atoms with Gasteiger partial charge in [0, 0.05) is 5.41 Å². The maximum Gasteiger partial charge on any atom is 0.335 e. The van der Waals surface area contributed by atoms with Gasteiger partial charge in [0.2, 0.25) is 0 Å². The first-order valence-corrected chi connectivity index (χ1v) is 5.77. The second kappa shape index (κ2) is 5.65. The summed E-state index contributed by atoms with van der Waals surface area (Å²) in [7, 11) is 0. The van der Waals surface area contributed by atoms with E-state index in [4.69, 9.17) is 4.74 Å². The van der Waals surface area contributed by atoms with Crippen LogP contribution in [-0.2, 0) is 9.53 Å². The standard InChI is InChI=1S/C13H24O4/c1-7-13(6,11(16)12(3,4)5)9(14)10(15)17-8-2/h7,9,11,14,16H,1,8H2,2-6H3/t9?,11?,13-/m0/s1. The predicted molar refractivity (Wildman–Crippen MR) is 66.4 cm³/mol. The molecule has 0 fully saturated rings. The average molecular weight is 244 g/mol. The van der Waals surface area contributed by atoms with Crippen molar-refractivity contribution < 1.29 is 19.7 Å². The molecule has 2 N–H and O–H groups in total. The molecule has 0 aromatic heterocycles. The van der Waals surface area contributed by atoms with Crippen molar-refractivity contribution in [1.82, 2.24) is 0 Å². The van der Waals surface area contributed by atoms with Gasteiger partial charge in [-0.15, -0.1) is 6.58 Å². The maximum atomic E-state index is 11.5. The highest BCUT2D eigenvalue weighted by Crippen LogP contribution is 2.38. The minimum absolute atomic E-state index is 0.189. The summed E-state index contributed by atoms with van der Waals surface area (Å²) >= 11 is 0. The van der Waals surface area contributed by atoms with Crippen LogP contribution >= 0.6 is 0 Å². The molecule has 0 amide bonds. The van der Waals surface area contributed by atoms with E-state index in [9.17, 15) is 15.0 Å². The molecule has 0 rings (SSSR count). The number of carbonyl (C=O) groups excluding carboxylic acids is 1. The monoisotopic (exact) mass is 244 g/mol. The Morgan fingerprint density at radius 1 is 1.35 bits per heavy atom. The Bertz CT molecular complexity index is 280. The summed E-state index contributed by atoms with van der Waals surface area (Å²) in [5.74, 6) is -0.738. The molecule has 0 aromatic carbocycles. The first kappa shape index (κ1) is 16.1. The zero-order valence-corrected chi connectivity index (χ0v) is 11.4. The number of aliphatic hydroxyl groups excluding tert-OH is 2. The Morgan fingerprint density at radius 3 is 2.12 bits per heavy atom. The molecule has 100 valence electrons. The van der Waals surface area contributed by atoms with Crippen molar-refractivity contribution in [2.24, 2.45) is 10.8 Å². The van der Waals surface area contributed by atoms with Crippen LogP contribution in [0.4, 0.5) is 0 Å². The molecule has 0 spiro atoms. The fraction of sp³-hybridized carbons (Fsp3) is 0.769. The number of hydrogen-bond acceptors (Lipinski definition) is 4. The SMILES string of the molecule is C=C[C@@](C)(C(O)C(=O)OCC)C(O)C(C)(C)C. The Morgan fingerprint density at radius 2 is 1.82 bits per heavy atom. The molecule has 4 nitrogen and oxygen atoms in total. The van der Waals surface area contributed by atoms with Crippen LogP contribution in [0.2, 0.25) is 0 Å². The molecule has 0 aliphatic carbocycles. The van der Waals surface area contributed by atoms with Crippen LogP contribution < -0.4 is 0 Å². The average Bonchev–Trinajstić information content (AvgIpc) is 2.25. The van der Waals surface area contributed by atoms with Gasteiger partial charge in [-0.25, -0.2) is 4.79 Å². The van der Waals surface area contributed by atoms with E-state index in [0.717, 1.165) is 0 Å². The second-order valence-electron chi connectivity index (χ2n) is 5.49. The van der Waals surface area contributed by atoms with E-state index in [2.05, 4.69) is 6.58 Å². The molecule has 3 atom stereocenters. The summed E-state index contributed by atoms with van der Waals surface area (Å²) in [4.78, 5) is 11.5. The van der Waals surface area contributed by atoms with Crippen LogP contribution in [0.15, 0.2) is 12.7 Å². The van der Waals surface area contributed by atoms with E-state index in [0.29, 0.717) is 0 Å². The molecule has 2 unspecified atom stereocenters. The molecule has 0 saturated heterocycles. The minimum atomic E-state index is -1.42. The molecule has 0 aromatic rings. The summed E-state index contributed by atoms with van der Waals surface area (Å²) in [5, 5.41) is 20.2. The topological polar surface area (TPSA) is 66.8 Å². The van der Waals surface area contributed by atoms with Gasteiger partial charge in [0.1, 0.15) is 0 Å². The van der Waals surface area contributed by atoms with Crippen LogP contribution in [0.25, 0.3) is 0 Å². The third-order valence-electron chi connectivity index (χ3n) is 2.95. The van der Waals surface area contributed by atoms with Crippen LogP contribution in [0, 0.1) is 10.8 Å². The largest absolute Gasteiger partial charge is 0.464 e. The van der Waals surface area contributed by atoms with Gasteiger partial charge in [0.15, 0.2) is 6.10 Å². The number of ether oxygens (including phenoxy) is 1. The molecule has 0 heterocycles. The lowest BCUT2D eigenvalue weighted by Gasteiger charge is -2.41. The van der Waals surface area contributed by atoms with Crippen molar-refractivity contribution in [2.75, 3.05) is 6.61 Å². The van der Waals surface area contributed by atoms with Crippen LogP contribution in [-0.4, -0.2) is 35.0 Å². The van der Waals surface area contributed by atoms with Gasteiger partial charge in [-0.2, -0.15) is 0 Å². The second-order valence-corrected chi connectivity index (χ2v) is 5.49. The summed E-state index contributed by atoms with van der Waals surface area (Å²) in [5.41, 5.74) is -1.61. The van der Waals surface area contributed by atoms with Crippen LogP contribution in [0.3, 0.4) is 0 Å². The lowest BCUT2D eigenvalue weighted by molar-refractivity contribution is -0.166. The maximum absolute atomic E-state index is 11.5. The van der Waals surface area contributed by atoms with Crippen LogP contribution in [0.5, 0.6) is 0 Å². The molecule has 0 bridgehead atoms. The molecular weight excluding hydrogens is 220 g/mol. The minimum Gasteiger partial charge on any atom is -0.464 e. The highest BCUT2D eigenvalue weighted by Gasteiger charge is 2.46. The molecule has 4 heteroatoms. The number of esters is 1. The smallest absolute Gasteiger partial charge is 0.335 e. The molecule has 0 radical (unpaired) electrons. The van der Waals surface area contributed by atoms with E-state index in [-0.39, 0.29) is 6.61 Å². The van der Waals surface area contributed by atoms with Crippen LogP contribution in [0.1, 0.15) is 34.6 Å². The van der Waals surface area contributed by atoms with Gasteiger partial charge in [-0.3, -0.25) is 0 Å². The summed E-state index contributed by atoms with van der Waals surface area (Å²) in [6.07, 6.45) is -0.925. The van der Waals surface area contributed by atoms with Gasteiger partial charge in [0.05, 0.1) is 12.7 Å². The van der Waals surface area contributed by atoms with Crippen molar-refractivity contribution in [3.63, 3.8) is 0 Å². The highest BCUT2D eigenvalue weighted by molar-refractivity contribution is 5.76. The van der Waals surface area contributed by atoms with Crippen molar-refractivity contribution in [1.29, 1.82) is 0 Å². The van der Waals surface area contributed by atoms with Gasteiger partial charge in [0.25, 0.3) is 0 Å². The normalized spacial score (nSPS) is 19.0. The predicted octanol–water partition coefficient (Wildman–Crippen LogP) is 1.51. The first-order chi connectivity index (χ1) is 7.61. The van der Waals surface area contributed by atoms with E-state index >= 15 is 0 Å². The van der Waals surface area contributed by atoms with Crippen molar-refractivity contribution in [3.05, 3.63) is 12.7 Å². The molecule has 17 heavy (non-hydrogen) atoms. The number of aliphatic hydroxyl groups is 2.